The zero-order chi connectivity index (χ0) is 20.0. The molecule has 28 heavy (non-hydrogen) atoms. The van der Waals surface area contributed by atoms with Crippen molar-refractivity contribution in [2.75, 3.05) is 13.1 Å². The van der Waals surface area contributed by atoms with E-state index in [1.165, 1.54) is 21.8 Å². The quantitative estimate of drug-likeness (QED) is 0.675. The van der Waals surface area contributed by atoms with E-state index in [1.54, 1.807) is 36.0 Å². The standard InChI is InChI=1S/C19H25N5O3S/c1-10-5-4-6-13-14(10)15-17-21-16(22-24(17)9-20-18(15)28-13)19(27)23(7-11(2)25)8-12(3)26/h9-12,25-26H,4-8H2,1-3H3/t10-,11-,12-/m0/s1. The SMILES string of the molecule is C[C@H](O)CN(C[C@H](C)O)C(=O)c1nc2c3c4c(sc3ncn2n1)CCC[C@@H]4C. The summed E-state index contributed by atoms with van der Waals surface area (Å²) in [6, 6.07) is 0. The zero-order valence-corrected chi connectivity index (χ0v) is 17.1. The van der Waals surface area contributed by atoms with Gasteiger partial charge in [-0.25, -0.2) is 14.5 Å². The van der Waals surface area contributed by atoms with Crippen LogP contribution >= 0.6 is 11.3 Å². The molecule has 9 heteroatoms. The minimum Gasteiger partial charge on any atom is -0.392 e. The Balaban J connectivity index is 1.79. The largest absolute Gasteiger partial charge is 0.392 e. The molecule has 0 aliphatic heterocycles. The summed E-state index contributed by atoms with van der Waals surface area (Å²) < 4.78 is 1.56. The van der Waals surface area contributed by atoms with Crippen LogP contribution in [0.5, 0.6) is 0 Å². The molecule has 150 valence electrons. The number of amides is 1. The molecule has 3 heterocycles. The van der Waals surface area contributed by atoms with Crippen LogP contribution in [0.3, 0.4) is 0 Å². The van der Waals surface area contributed by atoms with Gasteiger partial charge in [-0.1, -0.05) is 6.92 Å². The molecular formula is C19H25N5O3S. The normalized spacial score (nSPS) is 19.0. The molecule has 0 aromatic carbocycles. The second-order valence-corrected chi connectivity index (χ2v) is 8.85. The average Bonchev–Trinajstić information content (AvgIpc) is 3.20. The molecule has 0 radical (unpaired) electrons. The summed E-state index contributed by atoms with van der Waals surface area (Å²) in [6.07, 6.45) is 3.55. The van der Waals surface area contributed by atoms with Gasteiger partial charge in [0.2, 0.25) is 5.82 Å². The lowest BCUT2D eigenvalue weighted by molar-refractivity contribution is 0.0507. The van der Waals surface area contributed by atoms with Gasteiger partial charge >= 0.3 is 0 Å². The van der Waals surface area contributed by atoms with Gasteiger partial charge in [-0.2, -0.15) is 0 Å². The molecule has 1 aliphatic rings. The lowest BCUT2D eigenvalue weighted by atomic mass is 9.87. The van der Waals surface area contributed by atoms with E-state index < -0.39 is 18.1 Å². The van der Waals surface area contributed by atoms with Gasteiger partial charge < -0.3 is 15.1 Å². The van der Waals surface area contributed by atoms with Gasteiger partial charge in [-0.15, -0.1) is 16.4 Å². The maximum absolute atomic E-state index is 13.0. The monoisotopic (exact) mass is 403 g/mol. The van der Waals surface area contributed by atoms with E-state index in [0.29, 0.717) is 11.6 Å². The van der Waals surface area contributed by atoms with Gasteiger partial charge in [0.05, 0.1) is 17.6 Å². The molecule has 4 rings (SSSR count). The van der Waals surface area contributed by atoms with Crippen molar-refractivity contribution in [2.24, 2.45) is 0 Å². The number of aryl methyl sites for hydroxylation is 1. The Hall–Kier alpha value is -2.10. The van der Waals surface area contributed by atoms with Crippen molar-refractivity contribution >= 4 is 33.1 Å². The fourth-order valence-electron chi connectivity index (χ4n) is 4.00. The van der Waals surface area contributed by atoms with E-state index in [2.05, 4.69) is 22.0 Å². The van der Waals surface area contributed by atoms with Crippen LogP contribution in [-0.4, -0.2) is 65.9 Å². The van der Waals surface area contributed by atoms with Gasteiger partial charge in [0.15, 0.2) is 5.65 Å². The smallest absolute Gasteiger partial charge is 0.293 e. The van der Waals surface area contributed by atoms with Gasteiger partial charge in [0.1, 0.15) is 11.2 Å². The van der Waals surface area contributed by atoms with Crippen molar-refractivity contribution in [1.82, 2.24) is 24.5 Å². The van der Waals surface area contributed by atoms with Gasteiger partial charge in [-0.3, -0.25) is 4.79 Å². The van der Waals surface area contributed by atoms with E-state index in [4.69, 9.17) is 0 Å². The van der Waals surface area contributed by atoms with Gasteiger partial charge in [0, 0.05) is 18.0 Å². The van der Waals surface area contributed by atoms with Crippen LogP contribution in [0, 0.1) is 0 Å². The Labute approximate surface area is 166 Å². The van der Waals surface area contributed by atoms with Crippen molar-refractivity contribution in [3.8, 4) is 0 Å². The lowest BCUT2D eigenvalue weighted by Gasteiger charge is -2.23. The van der Waals surface area contributed by atoms with E-state index in [-0.39, 0.29) is 18.9 Å². The second kappa shape index (κ2) is 7.38. The Morgan fingerprint density at radius 3 is 2.75 bits per heavy atom. The van der Waals surface area contributed by atoms with Gasteiger partial charge in [-0.05, 0) is 44.6 Å². The van der Waals surface area contributed by atoms with Crippen LogP contribution in [0.15, 0.2) is 6.33 Å². The zero-order valence-electron chi connectivity index (χ0n) is 16.3. The first kappa shape index (κ1) is 19.2. The van der Waals surface area contributed by atoms with E-state index in [1.807, 2.05) is 0 Å². The number of carbonyl (C=O) groups is 1. The van der Waals surface area contributed by atoms with Crippen LogP contribution in [0.2, 0.25) is 0 Å². The Kier molecular flexibility index (Phi) is 5.07. The molecule has 2 N–H and O–H groups in total. The van der Waals surface area contributed by atoms with E-state index >= 15 is 0 Å². The predicted octanol–water partition coefficient (Wildman–Crippen LogP) is 1.98. The van der Waals surface area contributed by atoms with Crippen molar-refractivity contribution in [2.45, 2.75) is 58.2 Å². The molecule has 8 nitrogen and oxygen atoms in total. The topological polar surface area (TPSA) is 104 Å². The highest BCUT2D eigenvalue weighted by molar-refractivity contribution is 7.19. The minimum atomic E-state index is -0.710. The van der Waals surface area contributed by atoms with Crippen LogP contribution in [0.25, 0.3) is 15.9 Å². The third-order valence-corrected chi connectivity index (χ3v) is 6.30. The highest BCUT2D eigenvalue weighted by atomic mass is 32.1. The third kappa shape index (κ3) is 3.38. The van der Waals surface area contributed by atoms with Crippen LogP contribution in [-0.2, 0) is 6.42 Å². The maximum atomic E-state index is 13.0. The Morgan fingerprint density at radius 1 is 1.36 bits per heavy atom. The fourth-order valence-corrected chi connectivity index (χ4v) is 5.29. The number of fused-ring (bicyclic) bond motifs is 5. The number of thiophene rings is 1. The van der Waals surface area contributed by atoms with Crippen LogP contribution in [0.1, 0.15) is 60.6 Å². The molecule has 1 amide bonds. The first-order valence-electron chi connectivity index (χ1n) is 9.67. The molecule has 0 fully saturated rings. The summed E-state index contributed by atoms with van der Waals surface area (Å²) in [5.74, 6) is 0.0816. The molecule has 0 bridgehead atoms. The highest BCUT2D eigenvalue weighted by Crippen LogP contribution is 2.42. The second-order valence-electron chi connectivity index (χ2n) is 7.77. The number of aliphatic hydroxyl groups is 2. The molecule has 3 aromatic rings. The molecule has 0 unspecified atom stereocenters. The minimum absolute atomic E-state index is 0.0546. The lowest BCUT2D eigenvalue weighted by Crippen LogP contribution is -2.41. The summed E-state index contributed by atoms with van der Waals surface area (Å²) in [5, 5.41) is 24.8. The maximum Gasteiger partial charge on any atom is 0.293 e. The van der Waals surface area contributed by atoms with Crippen molar-refractivity contribution in [3.05, 3.63) is 22.6 Å². The number of nitrogens with zero attached hydrogens (tertiary/aromatic N) is 5. The molecule has 0 saturated carbocycles. The summed E-state index contributed by atoms with van der Waals surface area (Å²) in [5.41, 5.74) is 1.94. The Bertz CT molecular complexity index is 1020. The number of hydrogen-bond donors (Lipinski definition) is 2. The molecule has 3 atom stereocenters. The number of hydrogen-bond acceptors (Lipinski definition) is 7. The van der Waals surface area contributed by atoms with E-state index in [9.17, 15) is 15.0 Å². The summed E-state index contributed by atoms with van der Waals surface area (Å²) in [6.45, 7) is 5.65. The van der Waals surface area contributed by atoms with Crippen molar-refractivity contribution in [3.63, 3.8) is 0 Å². The van der Waals surface area contributed by atoms with Crippen LogP contribution < -0.4 is 0 Å². The Morgan fingerprint density at radius 2 is 2.07 bits per heavy atom. The number of carbonyl (C=O) groups excluding carboxylic acids is 1. The first-order valence-corrected chi connectivity index (χ1v) is 10.5. The van der Waals surface area contributed by atoms with Crippen LogP contribution in [0.4, 0.5) is 0 Å². The predicted molar refractivity (Wildman–Crippen MR) is 107 cm³/mol. The molecule has 0 saturated heterocycles. The number of aromatic nitrogens is 4. The summed E-state index contributed by atoms with van der Waals surface area (Å²) in [4.78, 5) is 25.7. The average molecular weight is 404 g/mol. The van der Waals surface area contributed by atoms with Gasteiger partial charge in [0.25, 0.3) is 5.91 Å². The molecule has 3 aromatic heterocycles. The highest BCUT2D eigenvalue weighted by Gasteiger charge is 2.27. The van der Waals surface area contributed by atoms with Crippen molar-refractivity contribution in [1.29, 1.82) is 0 Å². The fraction of sp³-hybridized carbons (Fsp3) is 0.579. The summed E-state index contributed by atoms with van der Waals surface area (Å²) in [7, 11) is 0. The molecular weight excluding hydrogens is 378 g/mol. The number of rotatable bonds is 5. The summed E-state index contributed by atoms with van der Waals surface area (Å²) >= 11 is 1.71. The van der Waals surface area contributed by atoms with Crippen molar-refractivity contribution < 1.29 is 15.0 Å². The van der Waals surface area contributed by atoms with E-state index in [0.717, 1.165) is 23.1 Å². The number of aliphatic hydroxyl groups excluding tert-OH is 2. The molecule has 1 aliphatic carbocycles. The third-order valence-electron chi connectivity index (χ3n) is 5.12. The molecule has 0 spiro atoms. The first-order chi connectivity index (χ1) is 13.3.